The Morgan fingerprint density at radius 2 is 2.27 bits per heavy atom. The van der Waals surface area contributed by atoms with Crippen molar-refractivity contribution in [1.29, 1.82) is 0 Å². The average Bonchev–Trinajstić information content (AvgIpc) is 3.34. The van der Waals surface area contributed by atoms with Crippen LogP contribution < -0.4 is 10.2 Å². The monoisotopic (exact) mass is 302 g/mol. The number of hydrogen-bond donors (Lipinski definition) is 1. The fourth-order valence-corrected chi connectivity index (χ4v) is 2.81. The minimum atomic E-state index is -0.442. The molecule has 0 unspecified atom stereocenters. The molecule has 1 aromatic rings. The molecule has 6 nitrogen and oxygen atoms in total. The van der Waals surface area contributed by atoms with E-state index >= 15 is 0 Å². The lowest BCUT2D eigenvalue weighted by atomic mass is 10.0. The Morgan fingerprint density at radius 3 is 2.95 bits per heavy atom. The van der Waals surface area contributed by atoms with Gasteiger partial charge in [0.2, 0.25) is 5.91 Å². The van der Waals surface area contributed by atoms with Crippen molar-refractivity contribution >= 4 is 17.6 Å². The van der Waals surface area contributed by atoms with Gasteiger partial charge in [0.25, 0.3) is 0 Å². The predicted octanol–water partition coefficient (Wildman–Crippen LogP) is 1.63. The lowest BCUT2D eigenvalue weighted by Gasteiger charge is -2.33. The van der Waals surface area contributed by atoms with Crippen LogP contribution in [0, 0.1) is 5.92 Å². The molecule has 2 fully saturated rings. The maximum absolute atomic E-state index is 12.6. The highest BCUT2D eigenvalue weighted by Gasteiger charge is 2.32. The number of nitrogens with one attached hydrogen (secondary N) is 1. The first-order chi connectivity index (χ1) is 10.6. The number of pyridine rings is 1. The molecule has 1 aliphatic heterocycles. The largest absolute Gasteiger partial charge is 0.328 e. The van der Waals surface area contributed by atoms with E-state index in [9.17, 15) is 9.59 Å². The third-order valence-electron chi connectivity index (χ3n) is 4.27. The number of hydrogen-bond acceptors (Lipinski definition) is 3. The van der Waals surface area contributed by atoms with Gasteiger partial charge >= 0.3 is 6.03 Å². The summed E-state index contributed by atoms with van der Waals surface area (Å²) >= 11 is 0. The number of nitrogens with zero attached hydrogens (tertiary/aromatic N) is 3. The van der Waals surface area contributed by atoms with Crippen LogP contribution in [0.3, 0.4) is 0 Å². The number of anilines is 1. The Bertz CT molecular complexity index is 544. The second-order valence-electron chi connectivity index (χ2n) is 6.17. The van der Waals surface area contributed by atoms with E-state index in [1.807, 2.05) is 12.1 Å². The first kappa shape index (κ1) is 14.8. The second kappa shape index (κ2) is 6.34. The quantitative estimate of drug-likeness (QED) is 0.919. The van der Waals surface area contributed by atoms with Gasteiger partial charge in [-0.1, -0.05) is 0 Å². The van der Waals surface area contributed by atoms with Crippen LogP contribution in [0.2, 0.25) is 0 Å². The fourth-order valence-electron chi connectivity index (χ4n) is 2.81. The Morgan fingerprint density at radius 1 is 1.45 bits per heavy atom. The first-order valence-corrected chi connectivity index (χ1v) is 7.88. The number of carbonyl (C=O) groups excluding carboxylic acids is 2. The van der Waals surface area contributed by atoms with Crippen LogP contribution in [0.1, 0.15) is 25.7 Å². The molecular formula is C16H22N4O2. The molecule has 22 heavy (non-hydrogen) atoms. The van der Waals surface area contributed by atoms with Crippen LogP contribution in [0.25, 0.3) is 0 Å². The van der Waals surface area contributed by atoms with Gasteiger partial charge in [-0.15, -0.1) is 0 Å². The first-order valence-electron chi connectivity index (χ1n) is 7.88. The lowest BCUT2D eigenvalue weighted by molar-refractivity contribution is -0.121. The van der Waals surface area contributed by atoms with Gasteiger partial charge in [-0.05, 0) is 43.7 Å². The molecule has 0 bridgehead atoms. The molecular weight excluding hydrogens is 280 g/mol. The van der Waals surface area contributed by atoms with Gasteiger partial charge in [0.05, 0.1) is 11.9 Å². The number of aromatic nitrogens is 1. The van der Waals surface area contributed by atoms with Crippen LogP contribution in [-0.4, -0.2) is 48.0 Å². The van der Waals surface area contributed by atoms with E-state index in [1.165, 1.54) is 12.8 Å². The highest BCUT2D eigenvalue weighted by Crippen LogP contribution is 2.29. The molecule has 0 spiro atoms. The minimum Gasteiger partial charge on any atom is -0.328 e. The van der Waals surface area contributed by atoms with Crippen LogP contribution >= 0.6 is 0 Å². The molecule has 1 N–H and O–H groups in total. The van der Waals surface area contributed by atoms with Gasteiger partial charge in [-0.2, -0.15) is 0 Å². The number of amides is 3. The maximum atomic E-state index is 12.6. The molecule has 0 aromatic carbocycles. The van der Waals surface area contributed by atoms with Gasteiger partial charge in [-0.3, -0.25) is 9.78 Å². The predicted molar refractivity (Wildman–Crippen MR) is 83.5 cm³/mol. The lowest BCUT2D eigenvalue weighted by Crippen LogP contribution is -2.54. The highest BCUT2D eigenvalue weighted by atomic mass is 16.2. The SMILES string of the molecule is CN(CC1CC1)C(=O)N[C@@H]1CCCN(c2cccnc2)C1=O. The van der Waals surface area contributed by atoms with E-state index in [1.54, 1.807) is 29.2 Å². The van der Waals surface area contributed by atoms with Gasteiger partial charge in [-0.25, -0.2) is 4.79 Å². The molecule has 6 heteroatoms. The fraction of sp³-hybridized carbons (Fsp3) is 0.562. The zero-order valence-corrected chi connectivity index (χ0v) is 12.9. The normalized spacial score (nSPS) is 21.6. The molecule has 3 rings (SSSR count). The summed E-state index contributed by atoms with van der Waals surface area (Å²) in [5.41, 5.74) is 0.790. The molecule has 1 atom stereocenters. The Kier molecular flexibility index (Phi) is 4.27. The summed E-state index contributed by atoms with van der Waals surface area (Å²) in [5, 5.41) is 2.88. The Labute approximate surface area is 130 Å². The van der Waals surface area contributed by atoms with Crippen LogP contribution in [-0.2, 0) is 4.79 Å². The van der Waals surface area contributed by atoms with Crippen LogP contribution in [0.15, 0.2) is 24.5 Å². The van der Waals surface area contributed by atoms with Crippen molar-refractivity contribution in [3.8, 4) is 0 Å². The van der Waals surface area contributed by atoms with Crippen LogP contribution in [0.4, 0.5) is 10.5 Å². The topological polar surface area (TPSA) is 65.5 Å². The minimum absolute atomic E-state index is 0.0487. The molecule has 1 aliphatic carbocycles. The van der Waals surface area contributed by atoms with Crippen molar-refractivity contribution in [2.45, 2.75) is 31.7 Å². The third-order valence-corrected chi connectivity index (χ3v) is 4.27. The number of carbonyl (C=O) groups is 2. The van der Waals surface area contributed by atoms with Gasteiger partial charge in [0.1, 0.15) is 6.04 Å². The van der Waals surface area contributed by atoms with Crippen molar-refractivity contribution in [1.82, 2.24) is 15.2 Å². The molecule has 118 valence electrons. The smallest absolute Gasteiger partial charge is 0.317 e. The van der Waals surface area contributed by atoms with Crippen molar-refractivity contribution in [3.63, 3.8) is 0 Å². The van der Waals surface area contributed by atoms with Crippen LogP contribution in [0.5, 0.6) is 0 Å². The van der Waals surface area contributed by atoms with Gasteiger partial charge < -0.3 is 15.1 Å². The zero-order valence-electron chi connectivity index (χ0n) is 12.9. The third kappa shape index (κ3) is 3.37. The summed E-state index contributed by atoms with van der Waals surface area (Å²) in [7, 11) is 1.79. The summed E-state index contributed by atoms with van der Waals surface area (Å²) in [5.74, 6) is 0.595. The molecule has 0 radical (unpaired) electrons. The summed E-state index contributed by atoms with van der Waals surface area (Å²) in [6.07, 6.45) is 7.34. The number of urea groups is 1. The molecule has 2 heterocycles. The van der Waals surface area contributed by atoms with E-state index in [0.717, 1.165) is 18.7 Å². The summed E-state index contributed by atoms with van der Waals surface area (Å²) in [4.78, 5) is 32.2. The van der Waals surface area contributed by atoms with E-state index < -0.39 is 6.04 Å². The van der Waals surface area contributed by atoms with E-state index in [0.29, 0.717) is 18.9 Å². The maximum Gasteiger partial charge on any atom is 0.317 e. The van der Waals surface area contributed by atoms with Crippen molar-refractivity contribution in [2.24, 2.45) is 5.92 Å². The van der Waals surface area contributed by atoms with E-state index in [-0.39, 0.29) is 11.9 Å². The average molecular weight is 302 g/mol. The Hall–Kier alpha value is -2.11. The summed E-state index contributed by atoms with van der Waals surface area (Å²) in [6.45, 7) is 1.45. The van der Waals surface area contributed by atoms with E-state index in [4.69, 9.17) is 0 Å². The van der Waals surface area contributed by atoms with E-state index in [2.05, 4.69) is 10.3 Å². The van der Waals surface area contributed by atoms with Crippen molar-refractivity contribution < 1.29 is 9.59 Å². The summed E-state index contributed by atoms with van der Waals surface area (Å²) < 4.78 is 0. The molecule has 1 saturated carbocycles. The number of piperidine rings is 1. The zero-order chi connectivity index (χ0) is 15.5. The number of rotatable bonds is 4. The van der Waals surface area contributed by atoms with Crippen molar-refractivity contribution in [3.05, 3.63) is 24.5 Å². The summed E-state index contributed by atoms with van der Waals surface area (Å²) in [6, 6.07) is 3.09. The Balaban J connectivity index is 1.61. The molecule has 3 amide bonds. The second-order valence-corrected chi connectivity index (χ2v) is 6.17. The van der Waals surface area contributed by atoms with Gasteiger partial charge in [0, 0.05) is 26.3 Å². The molecule has 2 aliphatic rings. The molecule has 1 aromatic heterocycles. The highest BCUT2D eigenvalue weighted by molar-refractivity contribution is 5.99. The standard InChI is InChI=1S/C16H22N4O2/c1-19(11-12-6-7-12)16(22)18-14-5-3-9-20(15(14)21)13-4-2-8-17-10-13/h2,4,8,10,12,14H,3,5-7,9,11H2,1H3,(H,18,22)/t14-/m1/s1. The molecule has 1 saturated heterocycles. The van der Waals surface area contributed by atoms with Gasteiger partial charge in [0.15, 0.2) is 0 Å². The van der Waals surface area contributed by atoms with Crippen molar-refractivity contribution in [2.75, 3.05) is 25.0 Å².